The highest BCUT2D eigenvalue weighted by molar-refractivity contribution is 6.30. The van der Waals surface area contributed by atoms with Crippen LogP contribution in [-0.4, -0.2) is 24.9 Å². The van der Waals surface area contributed by atoms with Crippen molar-refractivity contribution in [2.24, 2.45) is 0 Å². The van der Waals surface area contributed by atoms with E-state index in [1.807, 2.05) is 25.1 Å². The average Bonchev–Trinajstić information content (AvgIpc) is 2.77. The van der Waals surface area contributed by atoms with Crippen molar-refractivity contribution in [3.63, 3.8) is 0 Å². The van der Waals surface area contributed by atoms with Gasteiger partial charge in [-0.2, -0.15) is 5.10 Å². The van der Waals surface area contributed by atoms with Crippen LogP contribution in [-0.2, 0) is 6.42 Å². The highest BCUT2D eigenvalue weighted by atomic mass is 35.5. The van der Waals surface area contributed by atoms with Gasteiger partial charge >= 0.3 is 6.07 Å². The molecule has 0 bridgehead atoms. The average molecular weight is 431 g/mol. The highest BCUT2D eigenvalue weighted by Crippen LogP contribution is 2.22. The van der Waals surface area contributed by atoms with E-state index in [2.05, 4.69) is 21.1 Å². The van der Waals surface area contributed by atoms with E-state index in [1.54, 1.807) is 29.1 Å². The van der Waals surface area contributed by atoms with E-state index in [4.69, 9.17) is 16.9 Å². The van der Waals surface area contributed by atoms with Gasteiger partial charge in [0.15, 0.2) is 11.6 Å². The molecule has 2 heterocycles. The normalized spacial score (nSPS) is 10.6. The van der Waals surface area contributed by atoms with Gasteiger partial charge in [0.2, 0.25) is 5.43 Å². The summed E-state index contributed by atoms with van der Waals surface area (Å²) in [4.78, 5) is 20.8. The third kappa shape index (κ3) is 4.44. The van der Waals surface area contributed by atoms with E-state index in [0.29, 0.717) is 34.2 Å². The summed E-state index contributed by atoms with van der Waals surface area (Å²) >= 11 is 6.13. The van der Waals surface area contributed by atoms with Crippen LogP contribution in [0.2, 0.25) is 5.02 Å². The van der Waals surface area contributed by atoms with Crippen molar-refractivity contribution in [1.82, 2.24) is 19.7 Å². The summed E-state index contributed by atoms with van der Waals surface area (Å²) in [7, 11) is 0. The fourth-order valence-electron chi connectivity index (χ4n) is 3.14. The maximum absolute atomic E-state index is 12.5. The van der Waals surface area contributed by atoms with Crippen molar-refractivity contribution in [3.8, 4) is 28.9 Å². The zero-order valence-corrected chi connectivity index (χ0v) is 17.3. The molecule has 0 radical (unpaired) electrons. The summed E-state index contributed by atoms with van der Waals surface area (Å²) in [6.07, 6.45) is 4.56. The molecule has 0 fully saturated rings. The number of benzene rings is 2. The second-order valence-corrected chi connectivity index (χ2v) is 7.41. The van der Waals surface area contributed by atoms with E-state index in [1.165, 1.54) is 18.5 Å². The molecule has 0 spiro atoms. The number of aromatic hydroxyl groups is 1. The first-order valence-electron chi connectivity index (χ1n) is 9.36. The fourth-order valence-corrected chi connectivity index (χ4v) is 3.37. The van der Waals surface area contributed by atoms with Gasteiger partial charge in [-0.15, -0.1) is 0 Å². The van der Waals surface area contributed by atoms with Crippen molar-refractivity contribution < 1.29 is 10.4 Å². The molecule has 4 aromatic rings. The zero-order valence-electron chi connectivity index (χ0n) is 16.5. The molecule has 7 nitrogen and oxygen atoms in total. The fraction of sp³-hybridized carbons (Fsp3) is 0.0870. The number of aryl methyl sites for hydroxylation is 1. The molecular weight excluding hydrogens is 414 g/mol. The lowest BCUT2D eigenvalue weighted by Crippen LogP contribution is -2.18. The minimum absolute atomic E-state index is 0.00471. The first-order valence-corrected chi connectivity index (χ1v) is 9.74. The molecule has 31 heavy (non-hydrogen) atoms. The molecule has 0 saturated heterocycles. The number of rotatable bonds is 4. The summed E-state index contributed by atoms with van der Waals surface area (Å²) < 4.78 is 1.56. The van der Waals surface area contributed by atoms with Crippen LogP contribution in [0.15, 0.2) is 65.8 Å². The standard InChI is InChI=1S/C23H16ClN5O2/c1-14-2-3-16(23-26-12-20(30)13-27-23)8-17(14)9-21-22(31)4-5-29(28-21)19-7-15(11-25)6-18(24)10-19/h2-8,10,12-13,30H,9H2,1H3/p+1. The lowest BCUT2D eigenvalue weighted by molar-refractivity contribution is -0.0909. The molecule has 8 heteroatoms. The van der Waals surface area contributed by atoms with Gasteiger partial charge < -0.3 is 5.11 Å². The van der Waals surface area contributed by atoms with Gasteiger partial charge in [-0.3, -0.25) is 4.79 Å². The molecule has 0 amide bonds. The summed E-state index contributed by atoms with van der Waals surface area (Å²) in [5.74, 6) is 0.474. The molecule has 0 saturated carbocycles. The maximum atomic E-state index is 12.5. The van der Waals surface area contributed by atoms with Crippen molar-refractivity contribution >= 4 is 11.6 Å². The van der Waals surface area contributed by atoms with E-state index in [9.17, 15) is 9.90 Å². The summed E-state index contributed by atoms with van der Waals surface area (Å²) in [6, 6.07) is 14.6. The van der Waals surface area contributed by atoms with Crippen molar-refractivity contribution in [2.45, 2.75) is 13.3 Å². The van der Waals surface area contributed by atoms with Gasteiger partial charge in [0, 0.05) is 29.3 Å². The number of aromatic nitrogens is 4. The first-order chi connectivity index (χ1) is 14.9. The lowest BCUT2D eigenvalue weighted by atomic mass is 10.00. The monoisotopic (exact) mass is 430 g/mol. The molecule has 4 rings (SSSR count). The molecular formula is C23H17ClN5O2+. The van der Waals surface area contributed by atoms with E-state index >= 15 is 0 Å². The number of nitrogens with zero attached hydrogens (tertiary/aromatic N) is 4. The molecule has 2 N–H and O–H groups in total. The summed E-state index contributed by atoms with van der Waals surface area (Å²) in [5, 5.41) is 21.7. The van der Waals surface area contributed by atoms with Crippen molar-refractivity contribution in [1.29, 1.82) is 0 Å². The van der Waals surface area contributed by atoms with Gasteiger partial charge in [0.1, 0.15) is 11.3 Å². The first kappa shape index (κ1) is 20.3. The molecule has 0 unspecified atom stereocenters. The second-order valence-electron chi connectivity index (χ2n) is 6.98. The Morgan fingerprint density at radius 3 is 2.65 bits per heavy atom. The molecule has 0 atom stereocenters. The zero-order chi connectivity index (χ0) is 22.0. The Bertz CT molecular complexity index is 1370. The van der Waals surface area contributed by atoms with Crippen molar-refractivity contribution in [2.75, 3.05) is 0 Å². The van der Waals surface area contributed by atoms with Crippen LogP contribution in [0.5, 0.6) is 5.75 Å². The second kappa shape index (κ2) is 8.38. The van der Waals surface area contributed by atoms with Gasteiger partial charge in [-0.05, 0) is 42.3 Å². The lowest BCUT2D eigenvalue weighted by Gasteiger charge is -2.11. The summed E-state index contributed by atoms with van der Waals surface area (Å²) in [5.41, 5.74) is 4.03. The Hall–Kier alpha value is -4.02. The number of hydrogen-bond acceptors (Lipinski definition) is 5. The Morgan fingerprint density at radius 1 is 1.13 bits per heavy atom. The van der Waals surface area contributed by atoms with Crippen LogP contribution >= 0.6 is 11.6 Å². The van der Waals surface area contributed by atoms with Crippen LogP contribution in [0.4, 0.5) is 0 Å². The summed E-state index contributed by atoms with van der Waals surface area (Å²) in [6.45, 7) is 1.96. The smallest absolute Gasteiger partial charge is 0.308 e. The minimum Gasteiger partial charge on any atom is -0.505 e. The highest BCUT2D eigenvalue weighted by Gasteiger charge is 2.11. The Kier molecular flexibility index (Phi) is 5.48. The molecule has 0 aliphatic rings. The van der Waals surface area contributed by atoms with Crippen LogP contribution in [0.3, 0.4) is 0 Å². The Balaban J connectivity index is 1.72. The molecule has 2 aromatic carbocycles. The SMILES string of the molecule is Cc1ccc(-c2ncc(O)cn2)cc1Cc1nn(-c2cc(Cl)cc(C#[NH+])c2)ccc1=O. The predicted octanol–water partition coefficient (Wildman–Crippen LogP) is 2.07. The van der Waals surface area contributed by atoms with Crippen LogP contribution < -0.4 is 10.7 Å². The van der Waals surface area contributed by atoms with Gasteiger partial charge in [0.05, 0.1) is 18.1 Å². The number of nitrogens with one attached hydrogen (secondary N) is 1. The topological polar surface area (TPSA) is 105 Å². The molecule has 2 aromatic heterocycles. The van der Waals surface area contributed by atoms with Crippen LogP contribution in [0.25, 0.3) is 17.1 Å². The van der Waals surface area contributed by atoms with Gasteiger partial charge in [-0.25, -0.2) is 14.6 Å². The maximum Gasteiger partial charge on any atom is 0.308 e. The van der Waals surface area contributed by atoms with Crippen molar-refractivity contribution in [3.05, 3.63) is 98.7 Å². The number of halogens is 1. The van der Waals surface area contributed by atoms with E-state index in [0.717, 1.165) is 16.7 Å². The molecule has 0 aliphatic heterocycles. The van der Waals surface area contributed by atoms with Crippen LogP contribution in [0.1, 0.15) is 22.4 Å². The largest absolute Gasteiger partial charge is 0.505 e. The Labute approximate surface area is 182 Å². The minimum atomic E-state index is -0.178. The molecule has 152 valence electrons. The van der Waals surface area contributed by atoms with E-state index < -0.39 is 0 Å². The van der Waals surface area contributed by atoms with Gasteiger partial charge in [0.25, 0.3) is 0 Å². The van der Waals surface area contributed by atoms with Crippen LogP contribution in [0, 0.1) is 13.0 Å². The quantitative estimate of drug-likeness (QED) is 0.515. The molecule has 0 aliphatic carbocycles. The Morgan fingerprint density at radius 2 is 1.90 bits per heavy atom. The third-order valence-corrected chi connectivity index (χ3v) is 4.99. The third-order valence-electron chi connectivity index (χ3n) is 4.77. The predicted molar refractivity (Wildman–Crippen MR) is 115 cm³/mol. The van der Waals surface area contributed by atoms with Gasteiger partial charge in [-0.1, -0.05) is 29.0 Å². The number of hydrogen-bond donors (Lipinski definition) is 2. The van der Waals surface area contributed by atoms with E-state index in [-0.39, 0.29) is 11.2 Å².